The lowest BCUT2D eigenvalue weighted by Gasteiger charge is -2.11. The largest absolute Gasteiger partial charge is 0.433 e. The van der Waals surface area contributed by atoms with Gasteiger partial charge in [-0.25, -0.2) is 13.9 Å². The van der Waals surface area contributed by atoms with Crippen LogP contribution in [0.5, 0.6) is 0 Å². The van der Waals surface area contributed by atoms with Crippen LogP contribution in [-0.4, -0.2) is 36.2 Å². The van der Waals surface area contributed by atoms with Gasteiger partial charge in [0, 0.05) is 35.7 Å². The van der Waals surface area contributed by atoms with Gasteiger partial charge in [0.15, 0.2) is 17.0 Å². The highest BCUT2D eigenvalue weighted by molar-refractivity contribution is 6.05. The van der Waals surface area contributed by atoms with Crippen LogP contribution in [0.2, 0.25) is 0 Å². The second kappa shape index (κ2) is 10.0. The Morgan fingerprint density at radius 3 is 2.28 bits per heavy atom. The number of alkyl halides is 3. The molecule has 0 aliphatic carbocycles. The molecule has 0 bridgehead atoms. The van der Waals surface area contributed by atoms with E-state index < -0.39 is 29.5 Å². The topological polar surface area (TPSA) is 106 Å². The van der Waals surface area contributed by atoms with Gasteiger partial charge in [0.2, 0.25) is 0 Å². The predicted molar refractivity (Wildman–Crippen MR) is 134 cm³/mol. The van der Waals surface area contributed by atoms with E-state index in [9.17, 15) is 27.2 Å². The normalized spacial score (nSPS) is 11.5. The molecule has 0 saturated carbocycles. The maximum Gasteiger partial charge on any atom is 0.433 e. The van der Waals surface area contributed by atoms with E-state index in [2.05, 4.69) is 25.8 Å². The molecule has 9 nitrogen and oxygen atoms in total. The molecule has 0 saturated heterocycles. The summed E-state index contributed by atoms with van der Waals surface area (Å²) < 4.78 is 56.9. The summed E-state index contributed by atoms with van der Waals surface area (Å²) in [4.78, 5) is 29.7. The molecule has 2 N–H and O–H groups in total. The van der Waals surface area contributed by atoms with Crippen molar-refractivity contribution in [1.29, 1.82) is 0 Å². The second-order valence-corrected chi connectivity index (χ2v) is 8.35. The lowest BCUT2D eigenvalue weighted by Crippen LogP contribution is -2.18. The van der Waals surface area contributed by atoms with Gasteiger partial charge in [0.05, 0.1) is 5.69 Å². The van der Waals surface area contributed by atoms with E-state index in [0.29, 0.717) is 22.4 Å². The number of fused-ring (bicyclic) bond motifs is 1. The van der Waals surface area contributed by atoms with Crippen molar-refractivity contribution in [3.8, 4) is 11.3 Å². The number of benzene rings is 2. The number of rotatable bonds is 6. The lowest BCUT2D eigenvalue weighted by atomic mass is 10.1. The summed E-state index contributed by atoms with van der Waals surface area (Å²) in [5, 5.41) is 13.2. The SMILES string of the molecule is CCn1nccc1C(=O)Nc1cccc(NC(=O)c2cc3nc(-c4ccc(F)cc4)cc(C(F)(F)F)n3n2)c1. The van der Waals surface area contributed by atoms with Crippen molar-refractivity contribution < 1.29 is 27.2 Å². The van der Waals surface area contributed by atoms with Crippen molar-refractivity contribution in [2.75, 3.05) is 10.6 Å². The first-order chi connectivity index (χ1) is 18.6. The zero-order chi connectivity index (χ0) is 27.7. The monoisotopic (exact) mass is 537 g/mol. The first-order valence-electron chi connectivity index (χ1n) is 11.6. The number of hydrogen-bond donors (Lipinski definition) is 2. The molecule has 0 aliphatic rings. The molecule has 3 heterocycles. The summed E-state index contributed by atoms with van der Waals surface area (Å²) in [5.41, 5.74) is -0.483. The Morgan fingerprint density at radius 2 is 1.62 bits per heavy atom. The molecule has 2 aromatic carbocycles. The lowest BCUT2D eigenvalue weighted by molar-refractivity contribution is -0.142. The molecule has 3 aromatic heterocycles. The number of halogens is 4. The molecule has 13 heteroatoms. The summed E-state index contributed by atoms with van der Waals surface area (Å²) in [6.45, 7) is 2.34. The van der Waals surface area contributed by atoms with Crippen molar-refractivity contribution in [3.63, 3.8) is 0 Å². The number of carbonyl (C=O) groups excluding carboxylic acids is 2. The van der Waals surface area contributed by atoms with Gasteiger partial charge < -0.3 is 10.6 Å². The fraction of sp³-hybridized carbons (Fsp3) is 0.115. The Bertz CT molecular complexity index is 1690. The van der Waals surface area contributed by atoms with Crippen molar-refractivity contribution in [3.05, 3.63) is 95.8 Å². The average Bonchev–Trinajstić information content (AvgIpc) is 3.55. The Morgan fingerprint density at radius 1 is 0.923 bits per heavy atom. The standard InChI is InChI=1S/C26H19F4N7O2/c1-2-36-21(10-11-31-36)25(39)33-18-5-3-4-17(12-18)32-24(38)20-14-23-34-19(15-6-8-16(27)9-7-15)13-22(26(28,29)30)37(23)35-20/h3-14H,2H2,1H3,(H,32,38)(H,33,39). The first-order valence-corrected chi connectivity index (χ1v) is 11.6. The summed E-state index contributed by atoms with van der Waals surface area (Å²) >= 11 is 0. The molecule has 0 unspecified atom stereocenters. The molecule has 39 heavy (non-hydrogen) atoms. The average molecular weight is 537 g/mol. The first kappa shape index (κ1) is 25.6. The van der Waals surface area contributed by atoms with Gasteiger partial charge in [0.25, 0.3) is 11.8 Å². The number of nitrogens with zero attached hydrogens (tertiary/aromatic N) is 5. The van der Waals surface area contributed by atoms with Crippen molar-refractivity contribution in [2.24, 2.45) is 0 Å². The van der Waals surface area contributed by atoms with Crippen LogP contribution >= 0.6 is 0 Å². The molecule has 0 atom stereocenters. The third-order valence-electron chi connectivity index (χ3n) is 5.72. The Hall–Kier alpha value is -5.07. The fourth-order valence-corrected chi connectivity index (χ4v) is 3.90. The second-order valence-electron chi connectivity index (χ2n) is 8.35. The molecule has 5 rings (SSSR count). The van der Waals surface area contributed by atoms with Gasteiger partial charge in [0.1, 0.15) is 11.5 Å². The number of aromatic nitrogens is 5. The van der Waals surface area contributed by atoms with E-state index in [1.54, 1.807) is 24.3 Å². The Kier molecular flexibility index (Phi) is 6.56. The van der Waals surface area contributed by atoms with Crippen molar-refractivity contribution in [2.45, 2.75) is 19.6 Å². The fourth-order valence-electron chi connectivity index (χ4n) is 3.90. The van der Waals surface area contributed by atoms with Gasteiger partial charge in [-0.05, 0) is 61.5 Å². The minimum absolute atomic E-state index is 0.0606. The van der Waals surface area contributed by atoms with Gasteiger partial charge in [-0.1, -0.05) is 6.07 Å². The molecular formula is C26H19F4N7O2. The number of nitrogens with one attached hydrogen (secondary N) is 2. The van der Waals surface area contributed by atoms with Gasteiger partial charge in [-0.2, -0.15) is 23.4 Å². The molecule has 2 amide bonds. The van der Waals surface area contributed by atoms with Crippen LogP contribution in [0.15, 0.2) is 72.9 Å². The zero-order valence-electron chi connectivity index (χ0n) is 20.2. The van der Waals surface area contributed by atoms with E-state index in [-0.39, 0.29) is 28.3 Å². The van der Waals surface area contributed by atoms with E-state index >= 15 is 0 Å². The number of anilines is 2. The third kappa shape index (κ3) is 5.32. The number of aryl methyl sites for hydroxylation is 1. The molecule has 198 valence electrons. The van der Waals surface area contributed by atoms with Crippen molar-refractivity contribution >= 4 is 28.8 Å². The molecule has 0 aliphatic heterocycles. The van der Waals surface area contributed by atoms with E-state index in [4.69, 9.17) is 0 Å². The van der Waals surface area contributed by atoms with E-state index in [1.165, 1.54) is 29.1 Å². The van der Waals surface area contributed by atoms with Gasteiger partial charge in [-0.3, -0.25) is 14.3 Å². The van der Waals surface area contributed by atoms with E-state index in [0.717, 1.165) is 24.3 Å². The Labute approximate surface area is 218 Å². The smallest absolute Gasteiger partial charge is 0.321 e. The van der Waals surface area contributed by atoms with Gasteiger partial charge >= 0.3 is 6.18 Å². The summed E-state index contributed by atoms with van der Waals surface area (Å²) in [6.07, 6.45) is -3.30. The quantitative estimate of drug-likeness (QED) is 0.287. The minimum Gasteiger partial charge on any atom is -0.321 e. The number of hydrogen-bond acceptors (Lipinski definition) is 5. The highest BCUT2D eigenvalue weighted by atomic mass is 19.4. The zero-order valence-corrected chi connectivity index (χ0v) is 20.2. The van der Waals surface area contributed by atoms with Crippen LogP contribution in [0, 0.1) is 5.82 Å². The highest BCUT2D eigenvalue weighted by Gasteiger charge is 2.35. The van der Waals surface area contributed by atoms with E-state index in [1.807, 2.05) is 6.92 Å². The maximum absolute atomic E-state index is 13.8. The van der Waals surface area contributed by atoms with Crippen molar-refractivity contribution in [1.82, 2.24) is 24.4 Å². The number of carbonyl (C=O) groups is 2. The number of amides is 2. The summed E-state index contributed by atoms with van der Waals surface area (Å²) in [6, 6.07) is 14.5. The Balaban J connectivity index is 1.41. The molecule has 0 spiro atoms. The summed E-state index contributed by atoms with van der Waals surface area (Å²) in [5.74, 6) is -1.74. The van der Waals surface area contributed by atoms with Crippen LogP contribution in [-0.2, 0) is 12.7 Å². The van der Waals surface area contributed by atoms with Gasteiger partial charge in [-0.15, -0.1) is 0 Å². The third-order valence-corrected chi connectivity index (χ3v) is 5.72. The molecule has 0 radical (unpaired) electrons. The highest BCUT2D eigenvalue weighted by Crippen LogP contribution is 2.32. The predicted octanol–water partition coefficient (Wildman–Crippen LogP) is 5.28. The summed E-state index contributed by atoms with van der Waals surface area (Å²) in [7, 11) is 0. The molecule has 5 aromatic rings. The van der Waals surface area contributed by atoms with Crippen LogP contribution in [0.4, 0.5) is 28.9 Å². The minimum atomic E-state index is -4.81. The van der Waals surface area contributed by atoms with Crippen LogP contribution in [0.3, 0.4) is 0 Å². The van der Waals surface area contributed by atoms with Crippen LogP contribution in [0.25, 0.3) is 16.9 Å². The van der Waals surface area contributed by atoms with Crippen LogP contribution in [0.1, 0.15) is 33.6 Å². The maximum atomic E-state index is 13.8. The van der Waals surface area contributed by atoms with Crippen LogP contribution < -0.4 is 10.6 Å². The molecule has 0 fully saturated rings. The molecular weight excluding hydrogens is 518 g/mol.